The van der Waals surface area contributed by atoms with E-state index in [2.05, 4.69) is 52.2 Å². The second-order valence-corrected chi connectivity index (χ2v) is 11.0. The molecule has 1 aliphatic carbocycles. The molecule has 5 rings (SSSR count). The Hall–Kier alpha value is -1.81. The highest BCUT2D eigenvalue weighted by Gasteiger charge is 2.74. The minimum absolute atomic E-state index is 0.0452. The third-order valence-corrected chi connectivity index (χ3v) is 6.83. The highest BCUT2D eigenvalue weighted by molar-refractivity contribution is 5.81. The third-order valence-electron chi connectivity index (χ3n) is 6.83. The van der Waals surface area contributed by atoms with Gasteiger partial charge in [-0.05, 0) is 39.3 Å². The average molecular weight is 431 g/mol. The number of anilines is 1. The van der Waals surface area contributed by atoms with Gasteiger partial charge in [0.05, 0.1) is 18.5 Å². The van der Waals surface area contributed by atoms with Crippen molar-refractivity contribution in [2.75, 3.05) is 25.9 Å². The molecule has 9 heteroatoms. The van der Waals surface area contributed by atoms with Gasteiger partial charge in [-0.2, -0.15) is 0 Å². The van der Waals surface area contributed by atoms with Gasteiger partial charge in [0, 0.05) is 13.0 Å². The SMILES string of the molecule is CN(CCC(C)(C)C)C[C@H]1OC2C(n3cnc4c(N)ncnc43)C[C@]23OC(C)(C)O[C@H]13. The normalized spacial score (nSPS) is 34.2. The monoisotopic (exact) mass is 430 g/mol. The number of hydrogen-bond donors (Lipinski definition) is 1. The smallest absolute Gasteiger partial charge is 0.165 e. The standard InChI is InChI=1S/C22H34N6O3/c1-20(2,3)7-8-27(6)10-14-17-22(31-21(4,5)30-17)9-13(16(22)29-14)28-12-26-15-18(23)24-11-25-19(15)28/h11-14,16-17H,7-10H2,1-6H3,(H2,23,24,25)/t13?,14-,16?,17-,22+/m1/s1. The van der Waals surface area contributed by atoms with E-state index >= 15 is 0 Å². The van der Waals surface area contributed by atoms with Crippen molar-refractivity contribution in [2.24, 2.45) is 5.41 Å². The molecule has 3 fully saturated rings. The molecular weight excluding hydrogens is 396 g/mol. The summed E-state index contributed by atoms with van der Waals surface area (Å²) in [6, 6.07) is 0.0733. The van der Waals surface area contributed by atoms with Gasteiger partial charge in [-0.1, -0.05) is 20.8 Å². The van der Waals surface area contributed by atoms with E-state index < -0.39 is 11.4 Å². The van der Waals surface area contributed by atoms with E-state index in [0.29, 0.717) is 16.7 Å². The molecule has 2 saturated heterocycles. The Labute approximate surface area is 183 Å². The fourth-order valence-corrected chi connectivity index (χ4v) is 5.31. The zero-order chi connectivity index (χ0) is 22.2. The topological polar surface area (TPSA) is 101 Å². The lowest BCUT2D eigenvalue weighted by atomic mass is 9.70. The molecule has 1 saturated carbocycles. The fraction of sp³-hybridized carbons (Fsp3) is 0.773. The van der Waals surface area contributed by atoms with Crippen molar-refractivity contribution in [3.05, 3.63) is 12.7 Å². The summed E-state index contributed by atoms with van der Waals surface area (Å²) in [7, 11) is 2.16. The van der Waals surface area contributed by atoms with Crippen LogP contribution in [0.5, 0.6) is 0 Å². The molecule has 0 bridgehead atoms. The Bertz CT molecular complexity index is 985. The van der Waals surface area contributed by atoms with Gasteiger partial charge in [0.15, 0.2) is 17.3 Å². The zero-order valence-electron chi connectivity index (χ0n) is 19.3. The van der Waals surface area contributed by atoms with Crippen LogP contribution >= 0.6 is 0 Å². The van der Waals surface area contributed by atoms with E-state index in [1.54, 1.807) is 6.33 Å². The molecule has 0 aromatic carbocycles. The number of imidazole rings is 1. The van der Waals surface area contributed by atoms with Gasteiger partial charge in [-0.25, -0.2) is 15.0 Å². The van der Waals surface area contributed by atoms with Crippen molar-refractivity contribution in [3.63, 3.8) is 0 Å². The number of likely N-dealkylation sites (N-methyl/N-ethyl adjacent to an activating group) is 1. The molecular formula is C22H34N6O3. The Morgan fingerprint density at radius 2 is 2.00 bits per heavy atom. The molecule has 5 atom stereocenters. The molecule has 3 aliphatic rings. The molecule has 2 aliphatic heterocycles. The maximum Gasteiger partial charge on any atom is 0.165 e. The fourth-order valence-electron chi connectivity index (χ4n) is 5.31. The van der Waals surface area contributed by atoms with E-state index in [0.717, 1.165) is 31.6 Å². The number of hydrogen-bond acceptors (Lipinski definition) is 8. The largest absolute Gasteiger partial charge is 0.382 e. The quantitative estimate of drug-likeness (QED) is 0.772. The lowest BCUT2D eigenvalue weighted by molar-refractivity contribution is -0.242. The lowest BCUT2D eigenvalue weighted by Crippen LogP contribution is -2.60. The maximum atomic E-state index is 6.61. The van der Waals surface area contributed by atoms with Crippen molar-refractivity contribution in [2.45, 2.75) is 83.2 Å². The molecule has 2 N–H and O–H groups in total. The van der Waals surface area contributed by atoms with Gasteiger partial charge in [0.25, 0.3) is 0 Å². The first-order chi connectivity index (χ1) is 14.5. The van der Waals surface area contributed by atoms with Crippen LogP contribution in [0.3, 0.4) is 0 Å². The molecule has 2 aromatic heterocycles. The number of aromatic nitrogens is 4. The Kier molecular flexibility index (Phi) is 4.65. The predicted octanol–water partition coefficient (Wildman–Crippen LogP) is 2.38. The molecule has 0 amide bonds. The van der Waals surface area contributed by atoms with Gasteiger partial charge in [-0.3, -0.25) is 0 Å². The van der Waals surface area contributed by atoms with E-state index in [-0.39, 0.29) is 24.4 Å². The van der Waals surface area contributed by atoms with E-state index in [1.165, 1.54) is 6.33 Å². The zero-order valence-corrected chi connectivity index (χ0v) is 19.3. The van der Waals surface area contributed by atoms with Crippen LogP contribution in [0.4, 0.5) is 5.82 Å². The van der Waals surface area contributed by atoms with Crippen molar-refractivity contribution < 1.29 is 14.2 Å². The second-order valence-electron chi connectivity index (χ2n) is 11.0. The van der Waals surface area contributed by atoms with Crippen LogP contribution in [0.2, 0.25) is 0 Å². The highest BCUT2D eigenvalue weighted by atomic mass is 16.8. The first-order valence-electron chi connectivity index (χ1n) is 11.1. The van der Waals surface area contributed by atoms with Crippen molar-refractivity contribution in [3.8, 4) is 0 Å². The van der Waals surface area contributed by atoms with E-state index in [9.17, 15) is 0 Å². The van der Waals surface area contributed by atoms with Crippen LogP contribution in [0.1, 0.15) is 53.5 Å². The predicted molar refractivity (Wildman–Crippen MR) is 116 cm³/mol. The summed E-state index contributed by atoms with van der Waals surface area (Å²) in [6.07, 6.45) is 4.94. The van der Waals surface area contributed by atoms with Crippen molar-refractivity contribution in [1.29, 1.82) is 0 Å². The molecule has 170 valence electrons. The molecule has 31 heavy (non-hydrogen) atoms. The van der Waals surface area contributed by atoms with Crippen LogP contribution < -0.4 is 5.73 Å². The number of fused-ring (bicyclic) bond motifs is 1. The molecule has 2 aromatic rings. The van der Waals surface area contributed by atoms with Gasteiger partial charge in [0.2, 0.25) is 0 Å². The summed E-state index contributed by atoms with van der Waals surface area (Å²) in [5.41, 5.74) is 7.21. The van der Waals surface area contributed by atoms with Gasteiger partial charge < -0.3 is 29.4 Å². The summed E-state index contributed by atoms with van der Waals surface area (Å²) in [6.45, 7) is 12.6. The van der Waals surface area contributed by atoms with Gasteiger partial charge in [0.1, 0.15) is 29.7 Å². The number of rotatable bonds is 5. The van der Waals surface area contributed by atoms with E-state index in [4.69, 9.17) is 19.9 Å². The van der Waals surface area contributed by atoms with Crippen molar-refractivity contribution >= 4 is 17.0 Å². The van der Waals surface area contributed by atoms with E-state index in [1.807, 2.05) is 13.8 Å². The first-order valence-corrected chi connectivity index (χ1v) is 11.1. The summed E-state index contributed by atoms with van der Waals surface area (Å²) >= 11 is 0. The molecule has 2 unspecified atom stereocenters. The molecule has 9 nitrogen and oxygen atoms in total. The van der Waals surface area contributed by atoms with Crippen LogP contribution in [-0.2, 0) is 14.2 Å². The average Bonchev–Trinajstić information content (AvgIpc) is 3.26. The second kappa shape index (κ2) is 6.84. The molecule has 1 spiro atoms. The van der Waals surface area contributed by atoms with Crippen LogP contribution in [0.15, 0.2) is 12.7 Å². The first kappa shape index (κ1) is 21.1. The summed E-state index contributed by atoms with van der Waals surface area (Å²) < 4.78 is 21.5. The molecule has 0 radical (unpaired) electrons. The van der Waals surface area contributed by atoms with Crippen LogP contribution in [0, 0.1) is 5.41 Å². The third kappa shape index (κ3) is 3.42. The minimum Gasteiger partial charge on any atom is -0.382 e. The number of nitrogens with zero attached hydrogens (tertiary/aromatic N) is 5. The van der Waals surface area contributed by atoms with Crippen LogP contribution in [0.25, 0.3) is 11.2 Å². The van der Waals surface area contributed by atoms with Crippen molar-refractivity contribution in [1.82, 2.24) is 24.4 Å². The number of ether oxygens (including phenoxy) is 3. The summed E-state index contributed by atoms with van der Waals surface area (Å²) in [4.78, 5) is 15.3. The Morgan fingerprint density at radius 3 is 2.74 bits per heavy atom. The lowest BCUT2D eigenvalue weighted by Gasteiger charge is -2.48. The Morgan fingerprint density at radius 1 is 1.23 bits per heavy atom. The highest BCUT2D eigenvalue weighted by Crippen LogP contribution is 2.60. The summed E-state index contributed by atoms with van der Waals surface area (Å²) in [5.74, 6) is -0.230. The Balaban J connectivity index is 1.38. The number of nitrogens with two attached hydrogens (primary N) is 1. The maximum absolute atomic E-state index is 6.61. The van der Waals surface area contributed by atoms with Crippen LogP contribution in [-0.4, -0.2) is 74.3 Å². The van der Waals surface area contributed by atoms with Gasteiger partial charge in [-0.15, -0.1) is 0 Å². The molecule has 4 heterocycles. The van der Waals surface area contributed by atoms with Gasteiger partial charge >= 0.3 is 0 Å². The number of nitrogen functional groups attached to an aromatic ring is 1. The summed E-state index contributed by atoms with van der Waals surface area (Å²) in [5, 5.41) is 0. The minimum atomic E-state index is -0.622.